The number of carbonyl (C=O) groups excluding carboxylic acids is 1. The maximum absolute atomic E-state index is 12.5. The molecule has 136 valence electrons. The van der Waals surface area contributed by atoms with Gasteiger partial charge in [0, 0.05) is 24.7 Å². The topological polar surface area (TPSA) is 86.9 Å². The van der Waals surface area contributed by atoms with Gasteiger partial charge in [-0.3, -0.25) is 14.2 Å². The summed E-state index contributed by atoms with van der Waals surface area (Å²) in [5.41, 5.74) is 2.37. The van der Waals surface area contributed by atoms with Crippen LogP contribution in [0.3, 0.4) is 0 Å². The van der Waals surface area contributed by atoms with Crippen LogP contribution >= 0.6 is 0 Å². The van der Waals surface area contributed by atoms with Crippen LogP contribution < -0.4 is 10.1 Å². The summed E-state index contributed by atoms with van der Waals surface area (Å²) in [6.45, 7) is 0.0776. The molecule has 0 fully saturated rings. The molecule has 0 saturated carbocycles. The summed E-state index contributed by atoms with van der Waals surface area (Å²) in [5, 5.41) is 12.5. The van der Waals surface area contributed by atoms with E-state index in [9.17, 15) is 4.79 Å². The second kappa shape index (κ2) is 6.91. The minimum Gasteiger partial charge on any atom is -0.481 e. The van der Waals surface area contributed by atoms with Gasteiger partial charge < -0.3 is 10.1 Å². The van der Waals surface area contributed by atoms with Gasteiger partial charge in [0.15, 0.2) is 0 Å². The highest BCUT2D eigenvalue weighted by Gasteiger charge is 2.17. The summed E-state index contributed by atoms with van der Waals surface area (Å²) >= 11 is 0. The van der Waals surface area contributed by atoms with Crippen LogP contribution in [0, 0.1) is 0 Å². The Morgan fingerprint density at radius 2 is 2.00 bits per heavy atom. The summed E-state index contributed by atoms with van der Waals surface area (Å²) in [6.07, 6.45) is 3.30. The predicted octanol–water partition coefficient (Wildman–Crippen LogP) is 2.48. The molecular formula is C19H18N6O2. The highest BCUT2D eigenvalue weighted by molar-refractivity contribution is 5.96. The van der Waals surface area contributed by atoms with E-state index in [4.69, 9.17) is 4.74 Å². The maximum atomic E-state index is 12.5. The highest BCUT2D eigenvalue weighted by Crippen LogP contribution is 2.32. The molecule has 0 saturated heterocycles. The fourth-order valence-corrected chi connectivity index (χ4v) is 3.00. The van der Waals surface area contributed by atoms with Crippen molar-refractivity contribution >= 4 is 22.6 Å². The Bertz CT molecular complexity index is 1110. The Morgan fingerprint density at radius 3 is 2.78 bits per heavy atom. The van der Waals surface area contributed by atoms with E-state index >= 15 is 0 Å². The number of para-hydroxylation sites is 1. The molecule has 0 spiro atoms. The minimum atomic E-state index is -0.184. The molecule has 0 radical (unpaired) electrons. The maximum Gasteiger partial charge on any atom is 0.247 e. The molecule has 4 aromatic rings. The molecule has 1 aromatic carbocycles. The molecule has 1 N–H and O–H groups in total. The van der Waals surface area contributed by atoms with Crippen LogP contribution in [0.1, 0.15) is 0 Å². The van der Waals surface area contributed by atoms with Crippen LogP contribution in [-0.2, 0) is 18.4 Å². The summed E-state index contributed by atoms with van der Waals surface area (Å²) in [5.74, 6) is 0.939. The SMILES string of the molecule is COc1ncccc1-c1nn(CC(=O)Nc2ccnn2C)c2ccccc12. The molecule has 27 heavy (non-hydrogen) atoms. The van der Waals surface area contributed by atoms with Gasteiger partial charge in [-0.25, -0.2) is 4.98 Å². The van der Waals surface area contributed by atoms with Gasteiger partial charge in [-0.2, -0.15) is 10.2 Å². The number of pyridine rings is 1. The Balaban J connectivity index is 1.72. The summed E-state index contributed by atoms with van der Waals surface area (Å²) < 4.78 is 8.66. The number of carbonyl (C=O) groups is 1. The van der Waals surface area contributed by atoms with Crippen molar-refractivity contribution in [1.82, 2.24) is 24.5 Å². The smallest absolute Gasteiger partial charge is 0.247 e. The number of hydrogen-bond donors (Lipinski definition) is 1. The first-order valence-electron chi connectivity index (χ1n) is 8.40. The first-order valence-corrected chi connectivity index (χ1v) is 8.40. The number of hydrogen-bond acceptors (Lipinski definition) is 5. The van der Waals surface area contributed by atoms with E-state index in [1.54, 1.807) is 42.0 Å². The van der Waals surface area contributed by atoms with E-state index in [1.807, 2.05) is 36.4 Å². The second-order valence-corrected chi connectivity index (χ2v) is 5.97. The van der Waals surface area contributed by atoms with Gasteiger partial charge in [-0.15, -0.1) is 0 Å². The van der Waals surface area contributed by atoms with E-state index < -0.39 is 0 Å². The van der Waals surface area contributed by atoms with Crippen molar-refractivity contribution in [3.05, 3.63) is 54.9 Å². The molecule has 0 bridgehead atoms. The van der Waals surface area contributed by atoms with Gasteiger partial charge in [0.1, 0.15) is 18.1 Å². The van der Waals surface area contributed by atoms with Gasteiger partial charge in [0.2, 0.25) is 11.8 Å². The third-order valence-corrected chi connectivity index (χ3v) is 4.26. The Hall–Kier alpha value is -3.68. The van der Waals surface area contributed by atoms with Crippen molar-refractivity contribution in [2.24, 2.45) is 7.05 Å². The monoisotopic (exact) mass is 362 g/mol. The van der Waals surface area contributed by atoms with Crippen molar-refractivity contribution in [3.63, 3.8) is 0 Å². The molecule has 4 rings (SSSR count). The van der Waals surface area contributed by atoms with Crippen molar-refractivity contribution in [3.8, 4) is 17.1 Å². The predicted molar refractivity (Wildman–Crippen MR) is 101 cm³/mol. The zero-order valence-corrected chi connectivity index (χ0v) is 15.0. The Labute approximate surface area is 155 Å². The van der Waals surface area contributed by atoms with Crippen LogP contribution in [0.4, 0.5) is 5.82 Å². The van der Waals surface area contributed by atoms with E-state index in [1.165, 1.54) is 0 Å². The zero-order valence-electron chi connectivity index (χ0n) is 15.0. The fourth-order valence-electron chi connectivity index (χ4n) is 3.00. The number of aryl methyl sites for hydroxylation is 1. The number of nitrogens with one attached hydrogen (secondary N) is 1. The highest BCUT2D eigenvalue weighted by atomic mass is 16.5. The first-order chi connectivity index (χ1) is 13.2. The molecule has 0 aliphatic carbocycles. The van der Waals surface area contributed by atoms with Gasteiger partial charge in [-0.1, -0.05) is 18.2 Å². The number of fused-ring (bicyclic) bond motifs is 1. The Morgan fingerprint density at radius 1 is 1.15 bits per heavy atom. The van der Waals surface area contributed by atoms with E-state index in [0.29, 0.717) is 11.7 Å². The molecule has 3 heterocycles. The van der Waals surface area contributed by atoms with Crippen LogP contribution in [0.2, 0.25) is 0 Å². The third-order valence-electron chi connectivity index (χ3n) is 4.26. The van der Waals surface area contributed by atoms with Crippen molar-refractivity contribution in [2.45, 2.75) is 6.54 Å². The van der Waals surface area contributed by atoms with E-state index in [-0.39, 0.29) is 12.5 Å². The number of methoxy groups -OCH3 is 1. The lowest BCUT2D eigenvalue weighted by Gasteiger charge is -2.06. The minimum absolute atomic E-state index is 0.0776. The molecular weight excluding hydrogens is 344 g/mol. The molecule has 0 aliphatic heterocycles. The number of anilines is 1. The van der Waals surface area contributed by atoms with Gasteiger partial charge >= 0.3 is 0 Å². The quantitative estimate of drug-likeness (QED) is 0.589. The molecule has 3 aromatic heterocycles. The lowest BCUT2D eigenvalue weighted by Crippen LogP contribution is -2.21. The van der Waals surface area contributed by atoms with Gasteiger partial charge in [0.05, 0.1) is 24.4 Å². The van der Waals surface area contributed by atoms with Crippen molar-refractivity contribution in [1.29, 1.82) is 0 Å². The Kier molecular flexibility index (Phi) is 4.29. The third kappa shape index (κ3) is 3.12. The second-order valence-electron chi connectivity index (χ2n) is 5.97. The molecule has 8 nitrogen and oxygen atoms in total. The lowest BCUT2D eigenvalue weighted by atomic mass is 10.1. The summed E-state index contributed by atoms with van der Waals surface area (Å²) in [6, 6.07) is 13.2. The average Bonchev–Trinajstić information content (AvgIpc) is 3.25. The summed E-state index contributed by atoms with van der Waals surface area (Å²) in [7, 11) is 3.35. The summed E-state index contributed by atoms with van der Waals surface area (Å²) in [4.78, 5) is 16.7. The van der Waals surface area contributed by atoms with E-state index in [2.05, 4.69) is 20.5 Å². The van der Waals surface area contributed by atoms with Crippen LogP contribution in [0.25, 0.3) is 22.2 Å². The standard InChI is InChI=1S/C19H18N6O2/c1-24-16(9-11-21-24)22-17(26)12-25-15-8-4-3-6-13(15)18(23-25)14-7-5-10-20-19(14)27-2/h3-11H,12H2,1-2H3,(H,22,26). The van der Waals surface area contributed by atoms with Crippen LogP contribution in [0.5, 0.6) is 5.88 Å². The number of rotatable bonds is 5. The molecule has 0 atom stereocenters. The number of benzene rings is 1. The van der Waals surface area contributed by atoms with Crippen LogP contribution in [0.15, 0.2) is 54.9 Å². The largest absolute Gasteiger partial charge is 0.481 e. The van der Waals surface area contributed by atoms with E-state index in [0.717, 1.165) is 22.2 Å². The number of amides is 1. The molecule has 0 aliphatic rings. The lowest BCUT2D eigenvalue weighted by molar-refractivity contribution is -0.116. The average molecular weight is 362 g/mol. The number of aromatic nitrogens is 5. The normalized spacial score (nSPS) is 10.9. The molecule has 0 unspecified atom stereocenters. The number of nitrogens with zero attached hydrogens (tertiary/aromatic N) is 5. The van der Waals surface area contributed by atoms with Crippen molar-refractivity contribution in [2.75, 3.05) is 12.4 Å². The molecule has 8 heteroatoms. The van der Waals surface area contributed by atoms with Crippen LogP contribution in [-0.4, -0.2) is 37.6 Å². The molecule has 1 amide bonds. The number of ether oxygens (including phenoxy) is 1. The fraction of sp³-hybridized carbons (Fsp3) is 0.158. The zero-order chi connectivity index (χ0) is 18.8. The first kappa shape index (κ1) is 16.8. The van der Waals surface area contributed by atoms with Gasteiger partial charge in [-0.05, 0) is 18.2 Å². The van der Waals surface area contributed by atoms with Gasteiger partial charge in [0.25, 0.3) is 0 Å². The van der Waals surface area contributed by atoms with Crippen molar-refractivity contribution < 1.29 is 9.53 Å².